The van der Waals surface area contributed by atoms with Gasteiger partial charge in [0.05, 0.1) is 41.5 Å². The Morgan fingerprint density at radius 2 is 1.53 bits per heavy atom. The van der Waals surface area contributed by atoms with E-state index in [1.807, 2.05) is 35.2 Å². The predicted molar refractivity (Wildman–Crippen MR) is 124 cm³/mol. The molecule has 5 rings (SSSR count). The van der Waals surface area contributed by atoms with Crippen molar-refractivity contribution in [2.75, 3.05) is 19.7 Å². The SMILES string of the molecule is C[C@@H](OC[C@@]1(c2ccccc2)CC[C@@]23CCC(=O)N2C(=O)CN1C3)c1cc(C(F)(F)F)cc(C(F)(F)F)c1. The summed E-state index contributed by atoms with van der Waals surface area (Å²) in [5, 5.41) is 0. The van der Waals surface area contributed by atoms with Crippen molar-refractivity contribution < 1.29 is 40.7 Å². The molecule has 2 bridgehead atoms. The van der Waals surface area contributed by atoms with Gasteiger partial charge in [-0.3, -0.25) is 19.4 Å². The third kappa shape index (κ3) is 4.49. The highest BCUT2D eigenvalue weighted by molar-refractivity contribution is 5.99. The Balaban J connectivity index is 1.47. The van der Waals surface area contributed by atoms with Crippen LogP contribution in [0.15, 0.2) is 48.5 Å². The summed E-state index contributed by atoms with van der Waals surface area (Å²) in [7, 11) is 0. The lowest BCUT2D eigenvalue weighted by Crippen LogP contribution is -2.71. The summed E-state index contributed by atoms with van der Waals surface area (Å²) in [6, 6.07) is 10.7. The molecule has 0 radical (unpaired) electrons. The number of carbonyl (C=O) groups is 2. The van der Waals surface area contributed by atoms with Crippen LogP contribution in [0.3, 0.4) is 0 Å². The second-order valence-electron chi connectivity index (χ2n) is 10.4. The zero-order valence-electron chi connectivity index (χ0n) is 20.5. The van der Waals surface area contributed by atoms with Crippen LogP contribution in [0.5, 0.6) is 0 Å². The van der Waals surface area contributed by atoms with Crippen molar-refractivity contribution in [3.63, 3.8) is 0 Å². The van der Waals surface area contributed by atoms with Gasteiger partial charge in [-0.15, -0.1) is 0 Å². The maximum Gasteiger partial charge on any atom is 0.416 e. The number of hydrogen-bond acceptors (Lipinski definition) is 4. The Morgan fingerprint density at radius 3 is 2.13 bits per heavy atom. The molecule has 1 unspecified atom stereocenters. The molecule has 3 saturated heterocycles. The number of fused-ring (bicyclic) bond motifs is 1. The van der Waals surface area contributed by atoms with Gasteiger partial charge in [-0.2, -0.15) is 26.3 Å². The Labute approximate surface area is 215 Å². The van der Waals surface area contributed by atoms with E-state index in [-0.39, 0.29) is 36.6 Å². The van der Waals surface area contributed by atoms with Gasteiger partial charge in [0.15, 0.2) is 0 Å². The Kier molecular flexibility index (Phi) is 6.38. The number of halogens is 6. The maximum atomic E-state index is 13.4. The van der Waals surface area contributed by atoms with Crippen molar-refractivity contribution >= 4 is 11.8 Å². The highest BCUT2D eigenvalue weighted by atomic mass is 19.4. The molecule has 3 aliphatic heterocycles. The number of ether oxygens (including phenoxy) is 1. The Hall–Kier alpha value is -2.92. The molecule has 3 fully saturated rings. The van der Waals surface area contributed by atoms with Crippen molar-refractivity contribution in [1.29, 1.82) is 0 Å². The van der Waals surface area contributed by atoms with E-state index >= 15 is 0 Å². The van der Waals surface area contributed by atoms with Crippen LogP contribution in [0.1, 0.15) is 61.0 Å². The molecule has 3 aliphatic rings. The van der Waals surface area contributed by atoms with Gasteiger partial charge in [-0.05, 0) is 55.5 Å². The molecule has 4 atom stereocenters. The first-order valence-corrected chi connectivity index (χ1v) is 12.3. The number of rotatable bonds is 5. The smallest absolute Gasteiger partial charge is 0.372 e. The van der Waals surface area contributed by atoms with Gasteiger partial charge in [0, 0.05) is 13.0 Å². The lowest BCUT2D eigenvalue weighted by Gasteiger charge is -2.58. The van der Waals surface area contributed by atoms with Gasteiger partial charge in [0.25, 0.3) is 0 Å². The van der Waals surface area contributed by atoms with E-state index in [1.165, 1.54) is 11.8 Å². The van der Waals surface area contributed by atoms with Gasteiger partial charge < -0.3 is 4.74 Å². The number of nitrogens with zero attached hydrogens (tertiary/aromatic N) is 2. The lowest BCUT2D eigenvalue weighted by atomic mass is 9.72. The van der Waals surface area contributed by atoms with Crippen molar-refractivity contribution in [3.05, 3.63) is 70.8 Å². The third-order valence-corrected chi connectivity index (χ3v) is 8.16. The largest absolute Gasteiger partial charge is 0.416 e. The van der Waals surface area contributed by atoms with E-state index < -0.39 is 40.7 Å². The highest BCUT2D eigenvalue weighted by Gasteiger charge is 2.60. The van der Waals surface area contributed by atoms with E-state index in [9.17, 15) is 35.9 Å². The van der Waals surface area contributed by atoms with E-state index in [0.717, 1.165) is 5.56 Å². The zero-order chi connectivity index (χ0) is 27.5. The number of hydrogen-bond donors (Lipinski definition) is 0. The first-order valence-electron chi connectivity index (χ1n) is 12.3. The van der Waals surface area contributed by atoms with E-state index in [4.69, 9.17) is 4.74 Å². The second kappa shape index (κ2) is 9.08. The minimum atomic E-state index is -4.96. The van der Waals surface area contributed by atoms with Crippen LogP contribution in [-0.4, -0.2) is 46.8 Å². The molecule has 0 aliphatic carbocycles. The fraction of sp³-hybridized carbons (Fsp3) is 0.481. The lowest BCUT2D eigenvalue weighted by molar-refractivity contribution is -0.170. The minimum Gasteiger partial charge on any atom is -0.372 e. The van der Waals surface area contributed by atoms with Crippen molar-refractivity contribution in [1.82, 2.24) is 9.80 Å². The van der Waals surface area contributed by atoms with Crippen LogP contribution in [-0.2, 0) is 32.2 Å². The molecule has 0 aromatic heterocycles. The van der Waals surface area contributed by atoms with Crippen molar-refractivity contribution in [2.45, 2.75) is 62.1 Å². The second-order valence-corrected chi connectivity index (χ2v) is 10.4. The minimum absolute atomic E-state index is 0.0398. The number of piperidine rings is 1. The number of carbonyl (C=O) groups excluding carboxylic acids is 2. The number of alkyl halides is 6. The van der Waals surface area contributed by atoms with E-state index in [2.05, 4.69) is 0 Å². The molecule has 38 heavy (non-hydrogen) atoms. The summed E-state index contributed by atoms with van der Waals surface area (Å²) in [5.41, 5.74) is -3.66. The zero-order valence-corrected chi connectivity index (χ0v) is 20.5. The van der Waals surface area contributed by atoms with E-state index in [1.54, 1.807) is 0 Å². The van der Waals surface area contributed by atoms with Gasteiger partial charge in [0.1, 0.15) is 0 Å². The fourth-order valence-electron chi connectivity index (χ4n) is 6.14. The molecule has 204 valence electrons. The predicted octanol–water partition coefficient (Wildman–Crippen LogP) is 5.69. The van der Waals surface area contributed by atoms with Crippen LogP contribution in [0.25, 0.3) is 0 Å². The summed E-state index contributed by atoms with van der Waals surface area (Å²) < 4.78 is 86.4. The molecule has 0 saturated carbocycles. The topological polar surface area (TPSA) is 49.9 Å². The molecular formula is C27H26F6N2O3. The van der Waals surface area contributed by atoms with Crippen LogP contribution in [0, 0.1) is 0 Å². The Morgan fingerprint density at radius 1 is 0.895 bits per heavy atom. The summed E-state index contributed by atoms with van der Waals surface area (Å²) in [6.45, 7) is 1.74. The Bertz CT molecular complexity index is 1220. The van der Waals surface area contributed by atoms with Crippen LogP contribution in [0.2, 0.25) is 0 Å². The summed E-state index contributed by atoms with van der Waals surface area (Å²) in [4.78, 5) is 28.8. The average molecular weight is 541 g/mol. The molecular weight excluding hydrogens is 514 g/mol. The standard InChI is InChI=1S/C27H26F6N2O3/c1-17(18-11-20(26(28,29)30)13-21(12-18)27(31,32)33)38-16-25(19-5-3-2-4-6-19)10-9-24-8-7-22(36)35(24)23(37)14-34(25)15-24/h2-6,11-13,17H,7-10,14-16H2,1H3/t17-,24-,25-/m1/s1. The quantitative estimate of drug-likeness (QED) is 0.361. The van der Waals surface area contributed by atoms with Gasteiger partial charge in [0.2, 0.25) is 11.8 Å². The first kappa shape index (κ1) is 26.7. The van der Waals surface area contributed by atoms with E-state index in [0.29, 0.717) is 44.4 Å². The molecule has 11 heteroatoms. The number of amides is 2. The highest BCUT2D eigenvalue weighted by Crippen LogP contribution is 2.50. The monoisotopic (exact) mass is 540 g/mol. The third-order valence-electron chi connectivity index (χ3n) is 8.16. The summed E-state index contributed by atoms with van der Waals surface area (Å²) in [6.07, 6.45) is -9.15. The number of piperazine rings is 1. The van der Waals surface area contributed by atoms with Crippen LogP contribution < -0.4 is 0 Å². The molecule has 3 heterocycles. The fourth-order valence-corrected chi connectivity index (χ4v) is 6.14. The molecule has 2 aromatic rings. The van der Waals surface area contributed by atoms with Gasteiger partial charge in [-0.25, -0.2) is 0 Å². The molecule has 0 N–H and O–H groups in total. The molecule has 2 aromatic carbocycles. The van der Waals surface area contributed by atoms with Crippen LogP contribution in [0.4, 0.5) is 26.3 Å². The van der Waals surface area contributed by atoms with Gasteiger partial charge in [-0.1, -0.05) is 30.3 Å². The number of benzene rings is 2. The summed E-state index contributed by atoms with van der Waals surface area (Å²) in [5.74, 6) is -0.490. The van der Waals surface area contributed by atoms with Crippen LogP contribution >= 0.6 is 0 Å². The molecule has 2 amide bonds. The van der Waals surface area contributed by atoms with Gasteiger partial charge >= 0.3 is 12.4 Å². The maximum absolute atomic E-state index is 13.4. The normalized spacial score (nSPS) is 28.4. The summed E-state index contributed by atoms with van der Waals surface area (Å²) >= 11 is 0. The van der Waals surface area contributed by atoms with Crippen molar-refractivity contribution in [2.24, 2.45) is 0 Å². The number of imide groups is 1. The average Bonchev–Trinajstić information content (AvgIpc) is 3.19. The van der Waals surface area contributed by atoms with Crippen molar-refractivity contribution in [3.8, 4) is 0 Å². The molecule has 1 spiro atoms. The molecule has 5 nitrogen and oxygen atoms in total. The first-order chi connectivity index (χ1) is 17.8.